The van der Waals surface area contributed by atoms with E-state index in [1.165, 1.54) is 7.11 Å². The van der Waals surface area contributed by atoms with Crippen LogP contribution in [0.15, 0.2) is 30.9 Å². The first-order valence-electron chi connectivity index (χ1n) is 10.0. The molecule has 0 heterocycles. The molecule has 2 rings (SSSR count). The Morgan fingerprint density at radius 3 is 2.43 bits per heavy atom. The van der Waals surface area contributed by atoms with E-state index in [4.69, 9.17) is 9.47 Å². The highest BCUT2D eigenvalue weighted by Gasteiger charge is 2.42. The molecule has 0 aromatic heterocycles. The minimum Gasteiger partial charge on any atom is -0.493 e. The summed E-state index contributed by atoms with van der Waals surface area (Å²) < 4.78 is 10.9. The van der Waals surface area contributed by atoms with Gasteiger partial charge in [-0.25, -0.2) is 0 Å². The van der Waals surface area contributed by atoms with Gasteiger partial charge in [-0.15, -0.1) is 0 Å². The van der Waals surface area contributed by atoms with Gasteiger partial charge in [0.25, 0.3) is 5.91 Å². The fourth-order valence-corrected chi connectivity index (χ4v) is 3.73. The van der Waals surface area contributed by atoms with Crippen molar-refractivity contribution in [3.8, 4) is 11.5 Å². The Kier molecular flexibility index (Phi) is 7.91. The maximum Gasteiger partial charge on any atom is 0.252 e. The van der Waals surface area contributed by atoms with Gasteiger partial charge in [0.15, 0.2) is 11.5 Å². The van der Waals surface area contributed by atoms with Gasteiger partial charge in [0.2, 0.25) is 5.91 Å². The van der Waals surface area contributed by atoms with Crippen molar-refractivity contribution in [2.24, 2.45) is 0 Å². The van der Waals surface area contributed by atoms with E-state index in [-0.39, 0.29) is 11.8 Å². The molecule has 6 nitrogen and oxygen atoms in total. The van der Waals surface area contributed by atoms with Crippen LogP contribution in [0.25, 0.3) is 0 Å². The zero-order chi connectivity index (χ0) is 20.6. The van der Waals surface area contributed by atoms with Gasteiger partial charge < -0.3 is 19.7 Å². The number of carbonyl (C=O) groups is 2. The lowest BCUT2D eigenvalue weighted by Crippen LogP contribution is -2.60. The predicted molar refractivity (Wildman–Crippen MR) is 110 cm³/mol. The average molecular weight is 389 g/mol. The molecule has 0 radical (unpaired) electrons. The lowest BCUT2D eigenvalue weighted by Gasteiger charge is -2.40. The van der Waals surface area contributed by atoms with Crippen molar-refractivity contribution in [3.63, 3.8) is 0 Å². The summed E-state index contributed by atoms with van der Waals surface area (Å²) in [6.45, 7) is 9.18. The Morgan fingerprint density at radius 2 is 1.86 bits per heavy atom. The van der Waals surface area contributed by atoms with E-state index in [1.807, 2.05) is 13.8 Å². The summed E-state index contributed by atoms with van der Waals surface area (Å²) in [4.78, 5) is 28.0. The number of benzene rings is 1. The average Bonchev–Trinajstić information content (AvgIpc) is 2.73. The van der Waals surface area contributed by atoms with Crippen molar-refractivity contribution < 1.29 is 19.1 Å². The maximum absolute atomic E-state index is 13.2. The number of hydrogen-bond donors (Lipinski definition) is 1. The molecule has 0 aliphatic heterocycles. The number of ether oxygens (including phenoxy) is 2. The lowest BCUT2D eigenvalue weighted by molar-refractivity contribution is -0.139. The molecule has 2 amide bonds. The van der Waals surface area contributed by atoms with Crippen LogP contribution in [0.3, 0.4) is 0 Å². The molecule has 0 spiro atoms. The Hall–Kier alpha value is -2.50. The molecule has 0 unspecified atom stereocenters. The molecular formula is C22H32N2O4. The van der Waals surface area contributed by atoms with Crippen LogP contribution in [0, 0.1) is 0 Å². The van der Waals surface area contributed by atoms with Gasteiger partial charge in [-0.1, -0.05) is 31.9 Å². The predicted octanol–water partition coefficient (Wildman–Crippen LogP) is 3.56. The van der Waals surface area contributed by atoms with Crippen molar-refractivity contribution >= 4 is 11.8 Å². The fourth-order valence-electron chi connectivity index (χ4n) is 3.73. The first-order chi connectivity index (χ1) is 13.5. The zero-order valence-electron chi connectivity index (χ0n) is 17.3. The minimum absolute atomic E-state index is 0.0171. The standard InChI is InChI=1S/C22H32N2O4/c1-5-15-28-18-12-11-17(16-19(18)27-4)20(25)23-22(13-9-8-10-14-22)21(26)24(6-2)7-3/h5,11-12,16H,1,6-10,13-15H2,2-4H3,(H,23,25). The third-order valence-electron chi connectivity index (χ3n) is 5.30. The summed E-state index contributed by atoms with van der Waals surface area (Å²) in [5.74, 6) is 0.771. The van der Waals surface area contributed by atoms with Crippen LogP contribution in [0.2, 0.25) is 0 Å². The van der Waals surface area contributed by atoms with E-state index < -0.39 is 5.54 Å². The second kappa shape index (κ2) is 10.2. The SMILES string of the molecule is C=CCOc1ccc(C(=O)NC2(C(=O)N(CC)CC)CCCCC2)cc1OC. The zero-order valence-corrected chi connectivity index (χ0v) is 17.3. The summed E-state index contributed by atoms with van der Waals surface area (Å²) >= 11 is 0. The van der Waals surface area contributed by atoms with Crippen LogP contribution in [-0.2, 0) is 4.79 Å². The van der Waals surface area contributed by atoms with Crippen LogP contribution in [0.5, 0.6) is 11.5 Å². The molecule has 1 aliphatic rings. The molecule has 28 heavy (non-hydrogen) atoms. The summed E-state index contributed by atoms with van der Waals surface area (Å²) in [6.07, 6.45) is 5.95. The van der Waals surface area contributed by atoms with Crippen LogP contribution in [0.1, 0.15) is 56.3 Å². The first kappa shape index (κ1) is 21.8. The second-order valence-electron chi connectivity index (χ2n) is 7.04. The monoisotopic (exact) mass is 388 g/mol. The van der Waals surface area contributed by atoms with Crippen molar-refractivity contribution in [3.05, 3.63) is 36.4 Å². The highest BCUT2D eigenvalue weighted by atomic mass is 16.5. The van der Waals surface area contributed by atoms with E-state index in [0.29, 0.717) is 49.6 Å². The van der Waals surface area contributed by atoms with Gasteiger partial charge in [0.1, 0.15) is 12.1 Å². The Labute approximate surface area is 167 Å². The quantitative estimate of drug-likeness (QED) is 0.657. The number of hydrogen-bond acceptors (Lipinski definition) is 4. The van der Waals surface area contributed by atoms with Gasteiger partial charge in [-0.2, -0.15) is 0 Å². The van der Waals surface area contributed by atoms with Crippen LogP contribution >= 0.6 is 0 Å². The molecule has 1 fully saturated rings. The summed E-state index contributed by atoms with van der Waals surface area (Å²) in [6, 6.07) is 5.04. The number of nitrogens with zero attached hydrogens (tertiary/aromatic N) is 1. The minimum atomic E-state index is -0.827. The molecular weight excluding hydrogens is 356 g/mol. The molecule has 0 bridgehead atoms. The molecule has 154 valence electrons. The number of rotatable bonds is 9. The Morgan fingerprint density at radius 1 is 1.18 bits per heavy atom. The molecule has 0 atom stereocenters. The second-order valence-corrected chi connectivity index (χ2v) is 7.04. The molecule has 1 aromatic rings. The smallest absolute Gasteiger partial charge is 0.252 e. The van der Waals surface area contributed by atoms with Crippen molar-refractivity contribution in [2.45, 2.75) is 51.5 Å². The van der Waals surface area contributed by atoms with Crippen LogP contribution < -0.4 is 14.8 Å². The van der Waals surface area contributed by atoms with Crippen molar-refractivity contribution in [2.75, 3.05) is 26.8 Å². The van der Waals surface area contributed by atoms with E-state index in [1.54, 1.807) is 29.2 Å². The molecule has 1 N–H and O–H groups in total. The number of nitrogens with one attached hydrogen (secondary N) is 1. The molecule has 1 aliphatic carbocycles. The van der Waals surface area contributed by atoms with E-state index in [0.717, 1.165) is 19.3 Å². The summed E-state index contributed by atoms with van der Waals surface area (Å²) in [7, 11) is 1.53. The van der Waals surface area contributed by atoms with Crippen molar-refractivity contribution in [1.82, 2.24) is 10.2 Å². The number of methoxy groups -OCH3 is 1. The highest BCUT2D eigenvalue weighted by Crippen LogP contribution is 2.32. The largest absolute Gasteiger partial charge is 0.493 e. The fraction of sp³-hybridized carbons (Fsp3) is 0.545. The van der Waals surface area contributed by atoms with E-state index in [2.05, 4.69) is 11.9 Å². The lowest BCUT2D eigenvalue weighted by atomic mass is 9.80. The molecule has 6 heteroatoms. The number of amides is 2. The number of likely N-dealkylation sites (N-methyl/N-ethyl adjacent to an activating group) is 1. The van der Waals surface area contributed by atoms with Crippen molar-refractivity contribution in [1.29, 1.82) is 0 Å². The Balaban J connectivity index is 2.26. The molecule has 0 saturated heterocycles. The topological polar surface area (TPSA) is 67.9 Å². The van der Waals surface area contributed by atoms with Gasteiger partial charge in [0, 0.05) is 18.7 Å². The van der Waals surface area contributed by atoms with Gasteiger partial charge >= 0.3 is 0 Å². The van der Waals surface area contributed by atoms with Crippen LogP contribution in [-0.4, -0.2) is 49.1 Å². The van der Waals surface area contributed by atoms with Gasteiger partial charge in [-0.05, 0) is 44.9 Å². The first-order valence-corrected chi connectivity index (χ1v) is 10.0. The molecule has 1 saturated carbocycles. The van der Waals surface area contributed by atoms with Gasteiger partial charge in [0.05, 0.1) is 7.11 Å². The number of carbonyl (C=O) groups excluding carboxylic acids is 2. The normalized spacial score (nSPS) is 15.4. The van der Waals surface area contributed by atoms with E-state index in [9.17, 15) is 9.59 Å². The van der Waals surface area contributed by atoms with E-state index >= 15 is 0 Å². The molecule has 1 aromatic carbocycles. The third kappa shape index (κ3) is 4.86. The third-order valence-corrected chi connectivity index (χ3v) is 5.30. The van der Waals surface area contributed by atoms with Gasteiger partial charge in [-0.3, -0.25) is 9.59 Å². The maximum atomic E-state index is 13.2. The summed E-state index contributed by atoms with van der Waals surface area (Å²) in [5, 5.41) is 3.07. The van der Waals surface area contributed by atoms with Crippen LogP contribution in [0.4, 0.5) is 0 Å². The summed E-state index contributed by atoms with van der Waals surface area (Å²) in [5.41, 5.74) is -0.382. The Bertz CT molecular complexity index is 692. The highest BCUT2D eigenvalue weighted by molar-refractivity contribution is 5.99.